The number of carbonyl (C=O) groups excluding carboxylic acids is 1. The Bertz CT molecular complexity index is 1920. The highest BCUT2D eigenvalue weighted by molar-refractivity contribution is 7.22. The number of fused-ring (bicyclic) bond motifs is 1. The van der Waals surface area contributed by atoms with Gasteiger partial charge in [0.2, 0.25) is 0 Å². The molecule has 3 N–H and O–H groups in total. The molecule has 0 spiro atoms. The first-order valence-corrected chi connectivity index (χ1v) is 15.3. The number of amides is 2. The average molecular weight is 633 g/mol. The molecule has 0 fully saturated rings. The number of para-hydroxylation sites is 1. The lowest BCUT2D eigenvalue weighted by Gasteiger charge is -2.18. The van der Waals surface area contributed by atoms with Crippen molar-refractivity contribution in [1.29, 1.82) is 0 Å². The van der Waals surface area contributed by atoms with Crippen LogP contribution in [-0.2, 0) is 13.1 Å². The monoisotopic (exact) mass is 632 g/mol. The first-order valence-electron chi connectivity index (χ1n) is 14.5. The number of nitrogens with zero attached hydrogens (tertiary/aromatic N) is 3. The second-order valence-electron chi connectivity index (χ2n) is 10.5. The Kier molecular flexibility index (Phi) is 9.87. The fraction of sp³-hybridized carbons (Fsp3) is 0.242. The van der Waals surface area contributed by atoms with Crippen LogP contribution in [0.1, 0.15) is 18.1 Å². The Hall–Kier alpha value is -4.65. The number of likely N-dealkylation sites (N-methyl/N-ethyl adjacent to an activating group) is 2. The summed E-state index contributed by atoms with van der Waals surface area (Å²) in [6, 6.07) is 18.9. The number of rotatable bonds is 11. The maximum absolute atomic E-state index is 14.9. The van der Waals surface area contributed by atoms with Gasteiger partial charge in [0.15, 0.2) is 0 Å². The zero-order chi connectivity index (χ0) is 32.1. The topological polar surface area (TPSA) is 100 Å². The largest absolute Gasteiger partial charge is 0.338 e. The molecule has 2 heterocycles. The molecule has 5 aromatic rings. The van der Waals surface area contributed by atoms with Gasteiger partial charge in [-0.05, 0) is 68.5 Å². The molecule has 45 heavy (non-hydrogen) atoms. The van der Waals surface area contributed by atoms with Crippen LogP contribution in [0, 0.1) is 11.6 Å². The van der Waals surface area contributed by atoms with Gasteiger partial charge in [0, 0.05) is 42.3 Å². The molecular weight excluding hydrogens is 598 g/mol. The van der Waals surface area contributed by atoms with Crippen LogP contribution in [0.3, 0.4) is 0 Å². The molecular formula is C33H34F2N6O3S. The molecule has 0 atom stereocenters. The second-order valence-corrected chi connectivity index (χ2v) is 11.5. The van der Waals surface area contributed by atoms with E-state index in [0.29, 0.717) is 53.3 Å². The average Bonchev–Trinajstić information content (AvgIpc) is 3.39. The molecule has 2 aromatic heterocycles. The minimum absolute atomic E-state index is 0.275. The second kappa shape index (κ2) is 14.0. The third-order valence-electron chi connectivity index (χ3n) is 7.38. The van der Waals surface area contributed by atoms with Gasteiger partial charge in [0.05, 0.1) is 17.6 Å². The smallest absolute Gasteiger partial charge is 0.337 e. The van der Waals surface area contributed by atoms with Gasteiger partial charge in [0.1, 0.15) is 16.5 Å². The van der Waals surface area contributed by atoms with Crippen molar-refractivity contribution in [3.63, 3.8) is 0 Å². The normalized spacial score (nSPS) is 11.3. The Labute approximate surface area is 262 Å². The number of nitrogens with one attached hydrogen (secondary N) is 3. The predicted molar refractivity (Wildman–Crippen MR) is 176 cm³/mol. The van der Waals surface area contributed by atoms with Crippen molar-refractivity contribution in [1.82, 2.24) is 24.7 Å². The van der Waals surface area contributed by atoms with Gasteiger partial charge in [-0.3, -0.25) is 9.36 Å². The van der Waals surface area contributed by atoms with Gasteiger partial charge in [-0.15, -0.1) is 11.3 Å². The van der Waals surface area contributed by atoms with E-state index in [1.807, 2.05) is 33.2 Å². The SMILES string of the molecule is CCNC(=O)Nc1ccc(-c2sc3c(c2CN(C)CCNC)c(=O)n(-c2ccccc2)c(=O)n3Cc2c(F)cccc2F)cc1. The van der Waals surface area contributed by atoms with Crippen LogP contribution in [0.4, 0.5) is 19.3 Å². The van der Waals surface area contributed by atoms with Crippen molar-refractivity contribution in [2.24, 2.45) is 0 Å². The summed E-state index contributed by atoms with van der Waals surface area (Å²) in [6.07, 6.45) is 0. The fourth-order valence-electron chi connectivity index (χ4n) is 5.13. The summed E-state index contributed by atoms with van der Waals surface area (Å²) in [5.74, 6) is -1.57. The number of hydrogen-bond acceptors (Lipinski definition) is 6. The minimum Gasteiger partial charge on any atom is -0.338 e. The van der Waals surface area contributed by atoms with Crippen LogP contribution < -0.4 is 27.2 Å². The van der Waals surface area contributed by atoms with E-state index in [2.05, 4.69) is 20.9 Å². The molecule has 0 aliphatic carbocycles. The highest BCUT2D eigenvalue weighted by Crippen LogP contribution is 2.38. The number of benzene rings is 3. The van der Waals surface area contributed by atoms with Gasteiger partial charge < -0.3 is 20.9 Å². The molecule has 5 rings (SSSR count). The molecule has 0 radical (unpaired) electrons. The molecule has 2 amide bonds. The van der Waals surface area contributed by atoms with Crippen molar-refractivity contribution in [2.75, 3.05) is 39.0 Å². The summed E-state index contributed by atoms with van der Waals surface area (Å²) in [4.78, 5) is 43.5. The Morgan fingerprint density at radius 3 is 2.27 bits per heavy atom. The minimum atomic E-state index is -0.786. The summed E-state index contributed by atoms with van der Waals surface area (Å²) >= 11 is 1.22. The number of carbonyl (C=O) groups is 1. The van der Waals surface area contributed by atoms with E-state index in [1.54, 1.807) is 42.5 Å². The van der Waals surface area contributed by atoms with Crippen LogP contribution in [0.5, 0.6) is 0 Å². The zero-order valence-corrected chi connectivity index (χ0v) is 26.0. The lowest BCUT2D eigenvalue weighted by Crippen LogP contribution is -2.39. The van der Waals surface area contributed by atoms with Crippen LogP contribution in [0.2, 0.25) is 0 Å². The molecule has 234 valence electrons. The van der Waals surface area contributed by atoms with Gasteiger partial charge in [-0.2, -0.15) is 0 Å². The zero-order valence-electron chi connectivity index (χ0n) is 25.2. The highest BCUT2D eigenvalue weighted by atomic mass is 32.1. The van der Waals surface area contributed by atoms with E-state index in [-0.39, 0.29) is 11.6 Å². The number of halogens is 2. The van der Waals surface area contributed by atoms with E-state index in [9.17, 15) is 23.2 Å². The van der Waals surface area contributed by atoms with E-state index >= 15 is 0 Å². The molecule has 0 aliphatic rings. The van der Waals surface area contributed by atoms with Gasteiger partial charge in [0.25, 0.3) is 5.56 Å². The third kappa shape index (κ3) is 6.72. The van der Waals surface area contributed by atoms with E-state index < -0.39 is 29.4 Å². The first kappa shape index (κ1) is 31.8. The molecule has 0 bridgehead atoms. The van der Waals surface area contributed by atoms with Crippen LogP contribution in [-0.4, -0.2) is 53.8 Å². The van der Waals surface area contributed by atoms with Crippen LogP contribution >= 0.6 is 11.3 Å². The fourth-order valence-corrected chi connectivity index (χ4v) is 6.43. The first-order chi connectivity index (χ1) is 21.7. The third-order valence-corrected chi connectivity index (χ3v) is 8.68. The molecule has 9 nitrogen and oxygen atoms in total. The summed E-state index contributed by atoms with van der Waals surface area (Å²) in [6.45, 7) is 3.65. The molecule has 0 unspecified atom stereocenters. The number of thiophene rings is 1. The van der Waals surface area contributed by atoms with E-state index in [4.69, 9.17) is 0 Å². The van der Waals surface area contributed by atoms with Crippen LogP contribution in [0.15, 0.2) is 82.4 Å². The lowest BCUT2D eigenvalue weighted by atomic mass is 10.1. The Morgan fingerprint density at radius 1 is 0.933 bits per heavy atom. The number of hydrogen-bond donors (Lipinski definition) is 3. The quantitative estimate of drug-likeness (QED) is 0.190. The molecule has 0 saturated carbocycles. The van der Waals surface area contributed by atoms with Crippen molar-refractivity contribution in [3.05, 3.63) is 116 Å². The maximum atomic E-state index is 14.9. The van der Waals surface area contributed by atoms with E-state index in [0.717, 1.165) is 27.1 Å². The standard InChI is InChI=1S/C33H34F2N6O3S/c1-4-37-32(43)38-22-15-13-21(14-16-22)29-25(19-39(3)18-17-36-2)28-30(42)41(23-9-6-5-7-10-23)33(44)40(31(28)45-29)20-24-26(34)11-8-12-27(24)35/h5-16,36H,4,17-20H2,1-3H3,(H2,37,38,43). The summed E-state index contributed by atoms with van der Waals surface area (Å²) < 4.78 is 32.2. The molecule has 3 aromatic carbocycles. The summed E-state index contributed by atoms with van der Waals surface area (Å²) in [5.41, 5.74) is 0.887. The van der Waals surface area contributed by atoms with Gasteiger partial charge in [-0.25, -0.2) is 22.9 Å². The number of anilines is 1. The van der Waals surface area contributed by atoms with Crippen molar-refractivity contribution < 1.29 is 13.6 Å². The van der Waals surface area contributed by atoms with Gasteiger partial charge >= 0.3 is 11.7 Å². The molecule has 0 saturated heterocycles. The Morgan fingerprint density at radius 2 is 1.62 bits per heavy atom. The van der Waals surface area contributed by atoms with Crippen molar-refractivity contribution >= 4 is 33.3 Å². The summed E-state index contributed by atoms with van der Waals surface area (Å²) in [7, 11) is 3.79. The molecule has 0 aliphatic heterocycles. The van der Waals surface area contributed by atoms with Crippen LogP contribution in [0.25, 0.3) is 26.3 Å². The highest BCUT2D eigenvalue weighted by Gasteiger charge is 2.25. The maximum Gasteiger partial charge on any atom is 0.337 e. The lowest BCUT2D eigenvalue weighted by molar-refractivity contribution is 0.252. The summed E-state index contributed by atoms with van der Waals surface area (Å²) in [5, 5.41) is 8.89. The van der Waals surface area contributed by atoms with Gasteiger partial charge in [-0.1, -0.05) is 36.4 Å². The van der Waals surface area contributed by atoms with E-state index in [1.165, 1.54) is 22.0 Å². The van der Waals surface area contributed by atoms with Crippen molar-refractivity contribution in [3.8, 4) is 16.1 Å². The van der Waals surface area contributed by atoms with Crippen molar-refractivity contribution in [2.45, 2.75) is 20.0 Å². The predicted octanol–water partition coefficient (Wildman–Crippen LogP) is 5.00. The Balaban J connectivity index is 1.78. The number of urea groups is 1. The number of aromatic nitrogens is 2. The molecule has 12 heteroatoms.